The molecule has 0 aromatic heterocycles. The Morgan fingerprint density at radius 2 is 1.84 bits per heavy atom. The van der Waals surface area contributed by atoms with Gasteiger partial charge < -0.3 is 40.4 Å². The Balaban J connectivity index is 1.24. The molecule has 0 aromatic rings. The van der Waals surface area contributed by atoms with Gasteiger partial charge in [-0.15, -0.1) is 0 Å². The molecule has 11 nitrogen and oxygen atoms in total. The van der Waals surface area contributed by atoms with E-state index in [0.717, 1.165) is 24.8 Å². The molecule has 0 bridgehead atoms. The summed E-state index contributed by atoms with van der Waals surface area (Å²) in [6.07, 6.45) is 10.3. The molecule has 1 spiro atoms. The maximum absolute atomic E-state index is 12.5. The van der Waals surface area contributed by atoms with Gasteiger partial charge in [0.25, 0.3) is 0 Å². The van der Waals surface area contributed by atoms with Gasteiger partial charge in [-0.2, -0.15) is 0 Å². The summed E-state index contributed by atoms with van der Waals surface area (Å²) in [5.74, 6) is -0.484. The molecule has 0 radical (unpaired) electrons. The molecule has 9 unspecified atom stereocenters. The van der Waals surface area contributed by atoms with Crippen LogP contribution in [0.5, 0.6) is 0 Å². The number of nitrogens with one attached hydrogen (secondary N) is 2. The predicted molar refractivity (Wildman–Crippen MR) is 160 cm³/mol. The molecule has 43 heavy (non-hydrogen) atoms. The average molecular weight is 604 g/mol. The van der Waals surface area contributed by atoms with Crippen LogP contribution in [0.25, 0.3) is 0 Å². The quantitative estimate of drug-likeness (QED) is 0.120. The number of carbonyl (C=O) groups excluding carboxylic acids is 3. The maximum atomic E-state index is 12.5. The number of aliphatic hydroxyl groups excluding tert-OH is 1. The highest BCUT2D eigenvalue weighted by atomic mass is 16.6. The second-order valence-corrected chi connectivity index (χ2v) is 12.8. The number of epoxide rings is 1. The Bertz CT molecular complexity index is 1100. The zero-order valence-corrected chi connectivity index (χ0v) is 26.0. The van der Waals surface area contributed by atoms with Crippen molar-refractivity contribution in [2.75, 3.05) is 6.61 Å². The van der Waals surface area contributed by atoms with Gasteiger partial charge in [-0.1, -0.05) is 30.7 Å². The van der Waals surface area contributed by atoms with E-state index < -0.39 is 29.9 Å². The summed E-state index contributed by atoms with van der Waals surface area (Å²) < 4.78 is 23.1. The number of hydrogen-bond acceptors (Lipinski definition) is 9. The van der Waals surface area contributed by atoms with E-state index in [2.05, 4.69) is 23.6 Å². The van der Waals surface area contributed by atoms with Gasteiger partial charge in [0.05, 0.1) is 37.4 Å². The standard InChI is InChI=1S/C32H49N3O8/c1-18(6-9-27-19(2)12-26(21(4)42-27)35-29(37)11-8-20(3)41-22(5)36)7-10-28-31(39)32(17-40-32)16-25(43-28)15-30(38)34-24-13-23(33)14-24/h6-8,10-11,19-21,23-28,31,39H,9,12-17,33H2,1-5H3,(H,34,38)(H,35,37). The van der Waals surface area contributed by atoms with Crippen LogP contribution in [0.1, 0.15) is 73.1 Å². The van der Waals surface area contributed by atoms with Crippen LogP contribution < -0.4 is 16.4 Å². The van der Waals surface area contributed by atoms with Crippen LogP contribution in [0.3, 0.4) is 0 Å². The normalized spacial score (nSPS) is 38.5. The number of esters is 1. The molecule has 1 saturated carbocycles. The van der Waals surface area contributed by atoms with E-state index in [1.165, 1.54) is 13.0 Å². The molecule has 11 heteroatoms. The Morgan fingerprint density at radius 3 is 2.49 bits per heavy atom. The van der Waals surface area contributed by atoms with Crippen LogP contribution in [0.2, 0.25) is 0 Å². The molecule has 0 aromatic carbocycles. The van der Waals surface area contributed by atoms with Crippen LogP contribution in [0.15, 0.2) is 36.0 Å². The second kappa shape index (κ2) is 14.5. The number of amides is 2. The minimum Gasteiger partial charge on any atom is -0.459 e. The fourth-order valence-electron chi connectivity index (χ4n) is 6.16. The van der Waals surface area contributed by atoms with E-state index >= 15 is 0 Å². The summed E-state index contributed by atoms with van der Waals surface area (Å²) in [4.78, 5) is 36.0. The smallest absolute Gasteiger partial charge is 0.303 e. The molecule has 3 heterocycles. The van der Waals surface area contributed by atoms with Crippen molar-refractivity contribution in [3.05, 3.63) is 36.0 Å². The summed E-state index contributed by atoms with van der Waals surface area (Å²) in [7, 11) is 0. The second-order valence-electron chi connectivity index (χ2n) is 12.8. The van der Waals surface area contributed by atoms with Crippen molar-refractivity contribution in [1.29, 1.82) is 0 Å². The third kappa shape index (κ3) is 9.46. The van der Waals surface area contributed by atoms with Crippen LogP contribution in [0.4, 0.5) is 0 Å². The summed E-state index contributed by atoms with van der Waals surface area (Å²) in [5, 5.41) is 16.9. The molecule has 3 saturated heterocycles. The summed E-state index contributed by atoms with van der Waals surface area (Å²) in [6, 6.07) is 0.182. The van der Waals surface area contributed by atoms with Gasteiger partial charge in [0.15, 0.2) is 0 Å². The lowest BCUT2D eigenvalue weighted by Crippen LogP contribution is -2.53. The minimum absolute atomic E-state index is 0.00111. The van der Waals surface area contributed by atoms with E-state index in [-0.39, 0.29) is 60.6 Å². The van der Waals surface area contributed by atoms with Gasteiger partial charge in [0.2, 0.25) is 11.8 Å². The third-order valence-electron chi connectivity index (χ3n) is 8.88. The van der Waals surface area contributed by atoms with E-state index in [0.29, 0.717) is 19.4 Å². The molecule has 4 rings (SSSR count). The maximum Gasteiger partial charge on any atom is 0.303 e. The molecule has 3 aliphatic heterocycles. The SMILES string of the molecule is CC(=O)OC(C)C=CC(=O)NC1CC(C)C(CC=C(C)C=CC2OC(CC(=O)NC3CC(N)C3)CC3(CO3)C2O)OC1C. The van der Waals surface area contributed by atoms with Gasteiger partial charge in [0.1, 0.15) is 23.9 Å². The van der Waals surface area contributed by atoms with E-state index in [1.807, 2.05) is 26.0 Å². The lowest BCUT2D eigenvalue weighted by Gasteiger charge is -2.39. The van der Waals surface area contributed by atoms with Gasteiger partial charge >= 0.3 is 5.97 Å². The van der Waals surface area contributed by atoms with E-state index in [1.54, 1.807) is 13.0 Å². The van der Waals surface area contributed by atoms with Crippen LogP contribution in [-0.4, -0.2) is 89.8 Å². The number of nitrogens with two attached hydrogens (primary N) is 1. The number of allylic oxidation sites excluding steroid dienone is 2. The minimum atomic E-state index is -0.796. The highest BCUT2D eigenvalue weighted by molar-refractivity contribution is 5.87. The van der Waals surface area contributed by atoms with E-state index in [9.17, 15) is 19.5 Å². The lowest BCUT2D eigenvalue weighted by atomic mass is 9.86. The van der Waals surface area contributed by atoms with Crippen molar-refractivity contribution in [2.45, 2.75) is 133 Å². The molecule has 5 N–H and O–H groups in total. The number of rotatable bonds is 11. The fraction of sp³-hybridized carbons (Fsp3) is 0.719. The third-order valence-corrected chi connectivity index (χ3v) is 8.88. The first-order valence-electron chi connectivity index (χ1n) is 15.5. The molecule has 9 atom stereocenters. The molecule has 4 aliphatic rings. The van der Waals surface area contributed by atoms with Crippen LogP contribution >= 0.6 is 0 Å². The molecule has 1 aliphatic carbocycles. The summed E-state index contributed by atoms with van der Waals surface area (Å²) in [6.45, 7) is 9.56. The summed E-state index contributed by atoms with van der Waals surface area (Å²) >= 11 is 0. The molecule has 2 amide bonds. The monoisotopic (exact) mass is 603 g/mol. The number of ether oxygens (including phenoxy) is 4. The topological polar surface area (TPSA) is 162 Å². The average Bonchev–Trinajstić information content (AvgIpc) is 3.68. The van der Waals surface area contributed by atoms with Crippen molar-refractivity contribution >= 4 is 17.8 Å². The first kappa shape index (κ1) is 33.3. The zero-order valence-electron chi connectivity index (χ0n) is 26.0. The van der Waals surface area contributed by atoms with Crippen molar-refractivity contribution < 1.29 is 38.4 Å². The van der Waals surface area contributed by atoms with Crippen LogP contribution in [-0.2, 0) is 33.3 Å². The molecular weight excluding hydrogens is 554 g/mol. The van der Waals surface area contributed by atoms with Crippen molar-refractivity contribution in [2.24, 2.45) is 11.7 Å². The largest absolute Gasteiger partial charge is 0.459 e. The molecular formula is C32H49N3O8. The highest BCUT2D eigenvalue weighted by Gasteiger charge is 2.58. The first-order valence-corrected chi connectivity index (χ1v) is 15.5. The molecule has 4 fully saturated rings. The highest BCUT2D eigenvalue weighted by Crippen LogP contribution is 2.43. The fourth-order valence-corrected chi connectivity index (χ4v) is 6.16. The predicted octanol–water partition coefficient (Wildman–Crippen LogP) is 1.97. The molecule has 240 valence electrons. The van der Waals surface area contributed by atoms with E-state index in [4.69, 9.17) is 24.7 Å². The van der Waals surface area contributed by atoms with Gasteiger partial charge in [0, 0.05) is 31.5 Å². The number of carbonyl (C=O) groups is 3. The lowest BCUT2D eigenvalue weighted by molar-refractivity contribution is -0.146. The zero-order chi connectivity index (χ0) is 31.3. The first-order chi connectivity index (χ1) is 20.3. The van der Waals surface area contributed by atoms with Gasteiger partial charge in [-0.25, -0.2) is 0 Å². The van der Waals surface area contributed by atoms with Gasteiger partial charge in [-0.05, 0) is 58.4 Å². The summed E-state index contributed by atoms with van der Waals surface area (Å²) in [5.41, 5.74) is 6.19. The number of aliphatic hydroxyl groups is 1. The Labute approximate surface area is 254 Å². The van der Waals surface area contributed by atoms with Crippen molar-refractivity contribution in [3.8, 4) is 0 Å². The Kier molecular flexibility index (Phi) is 11.2. The number of hydrogen-bond donors (Lipinski definition) is 4. The van der Waals surface area contributed by atoms with Gasteiger partial charge in [-0.3, -0.25) is 14.4 Å². The van der Waals surface area contributed by atoms with Crippen molar-refractivity contribution in [3.63, 3.8) is 0 Å². The Morgan fingerprint density at radius 1 is 1.12 bits per heavy atom. The Hall–Kier alpha value is -2.57. The van der Waals surface area contributed by atoms with Crippen LogP contribution in [0, 0.1) is 5.92 Å². The van der Waals surface area contributed by atoms with Crippen molar-refractivity contribution in [1.82, 2.24) is 10.6 Å².